The van der Waals surface area contributed by atoms with Crippen LogP contribution in [0.2, 0.25) is 0 Å². The molecule has 0 aromatic carbocycles. The molecule has 1 unspecified atom stereocenters. The van der Waals surface area contributed by atoms with E-state index in [4.69, 9.17) is 0 Å². The quantitative estimate of drug-likeness (QED) is 0.224. The zero-order valence-corrected chi connectivity index (χ0v) is 23.9. The Balaban J connectivity index is 1.06. The number of carboxylic acid groups (broad SMARTS) is 1. The topological polar surface area (TPSA) is 178 Å². The average molecular weight is 589 g/mol. The van der Waals surface area contributed by atoms with Crippen molar-refractivity contribution in [1.29, 1.82) is 0 Å². The molecule has 4 saturated heterocycles. The lowest BCUT2D eigenvalue weighted by Crippen LogP contribution is -2.66. The van der Waals surface area contributed by atoms with E-state index in [9.17, 15) is 24.3 Å². The van der Waals surface area contributed by atoms with E-state index >= 15 is 0 Å². The molecule has 16 heteroatoms. The number of carbonyl (C=O) groups is 4. The third-order valence-corrected chi connectivity index (χ3v) is 10.5. The molecule has 5 aliphatic rings. The predicted octanol–water partition coefficient (Wildman–Crippen LogP) is -2.47. The summed E-state index contributed by atoms with van der Waals surface area (Å²) in [6.07, 6.45) is 1.93. The minimum atomic E-state index is -1.14. The third kappa shape index (κ3) is 5.21. The average Bonchev–Trinajstić information content (AvgIpc) is 3.64. The first-order valence-corrected chi connectivity index (χ1v) is 15.0. The minimum absolute atomic E-state index is 0.0127. The number of carboxylic acids is 1. The Hall–Kier alpha value is -3.08. The number of aromatic nitrogens is 4. The molecule has 0 radical (unpaired) electrons. The summed E-state index contributed by atoms with van der Waals surface area (Å²) in [7, 11) is 0. The molecule has 4 N–H and O–H groups in total. The van der Waals surface area contributed by atoms with E-state index in [2.05, 4.69) is 36.4 Å². The van der Waals surface area contributed by atoms with Crippen molar-refractivity contribution in [2.24, 2.45) is 11.8 Å². The fourth-order valence-corrected chi connectivity index (χ4v) is 8.18. The van der Waals surface area contributed by atoms with Gasteiger partial charge in [0.1, 0.15) is 18.6 Å². The second-order valence-corrected chi connectivity index (χ2v) is 12.8. The normalized spacial score (nSPS) is 31.1. The molecule has 3 amide bonds. The van der Waals surface area contributed by atoms with Gasteiger partial charge in [0.25, 0.3) is 0 Å². The molecule has 0 saturated carbocycles. The van der Waals surface area contributed by atoms with Crippen molar-refractivity contribution in [3.05, 3.63) is 16.9 Å². The number of thioether (sulfide) groups is 1. The number of nitrogens with zero attached hydrogens (tertiary/aromatic N) is 7. The van der Waals surface area contributed by atoms with Gasteiger partial charge in [-0.1, -0.05) is 6.92 Å². The first-order valence-electron chi connectivity index (χ1n) is 14.2. The largest absolute Gasteiger partial charge is 0.477 e. The molecule has 222 valence electrons. The highest BCUT2D eigenvalue weighted by molar-refractivity contribution is 8.03. The van der Waals surface area contributed by atoms with Gasteiger partial charge < -0.3 is 30.9 Å². The Kier molecular flexibility index (Phi) is 7.74. The number of fused-ring (bicyclic) bond motifs is 1. The van der Waals surface area contributed by atoms with Gasteiger partial charge in [-0.2, -0.15) is 0 Å². The van der Waals surface area contributed by atoms with E-state index in [1.54, 1.807) is 6.92 Å². The van der Waals surface area contributed by atoms with Gasteiger partial charge in [0.05, 0.1) is 18.0 Å². The molecule has 6 atom stereocenters. The van der Waals surface area contributed by atoms with Gasteiger partial charge in [-0.05, 0) is 23.8 Å². The summed E-state index contributed by atoms with van der Waals surface area (Å²) >= 11 is 1.47. The second kappa shape index (κ2) is 11.3. The maximum atomic E-state index is 13.3. The Morgan fingerprint density at radius 1 is 1.20 bits per heavy atom. The monoisotopic (exact) mass is 588 g/mol. The molecular weight excluding hydrogens is 552 g/mol. The highest BCUT2D eigenvalue weighted by Crippen LogP contribution is 2.51. The highest BCUT2D eigenvalue weighted by atomic mass is 32.2. The molecule has 0 bridgehead atoms. The van der Waals surface area contributed by atoms with Gasteiger partial charge in [0, 0.05) is 74.0 Å². The fraction of sp³-hybridized carbons (Fsp3) is 0.720. The summed E-state index contributed by atoms with van der Waals surface area (Å²) in [5, 5.41) is 30.3. The Morgan fingerprint density at radius 2 is 1.95 bits per heavy atom. The Bertz CT molecular complexity index is 1230. The highest BCUT2D eigenvalue weighted by Gasteiger charge is 2.60. The number of piperazine rings is 1. The molecule has 41 heavy (non-hydrogen) atoms. The standard InChI is InChI=1S/C25H36N10O5S/c1-13-20-19(14(2)29-18(36)11-34-12-28-30-31-34)24(38)35(20)21(25(39)40)22(13)41-16-7-17(27-10-16)23(37)33-5-3-32(4-6-33)15-8-26-9-15/h12-17,19-20,26-27H,3-11H2,1-2H3,(H,29,36)(H,39,40)/t13-,14-,16?,17+,19-,20-/m1/s1. The van der Waals surface area contributed by atoms with Gasteiger partial charge >= 0.3 is 5.97 Å². The molecule has 15 nitrogen and oxygen atoms in total. The van der Waals surface area contributed by atoms with Crippen LogP contribution in [0.3, 0.4) is 0 Å². The van der Waals surface area contributed by atoms with Crippen molar-refractivity contribution < 1.29 is 24.3 Å². The van der Waals surface area contributed by atoms with Gasteiger partial charge in [0.2, 0.25) is 17.7 Å². The summed E-state index contributed by atoms with van der Waals surface area (Å²) in [6.45, 7) is 9.46. The van der Waals surface area contributed by atoms with Crippen LogP contribution < -0.4 is 16.0 Å². The lowest BCUT2D eigenvalue weighted by Gasteiger charge is -2.47. The molecule has 1 aromatic rings. The minimum Gasteiger partial charge on any atom is -0.477 e. The maximum absolute atomic E-state index is 13.3. The number of β-lactam (4-membered cyclic amide) rings is 1. The van der Waals surface area contributed by atoms with Gasteiger partial charge in [-0.15, -0.1) is 16.9 Å². The van der Waals surface area contributed by atoms with Crippen molar-refractivity contribution in [1.82, 2.24) is 50.9 Å². The number of tetrazole rings is 1. The zero-order valence-electron chi connectivity index (χ0n) is 23.1. The van der Waals surface area contributed by atoms with Crippen LogP contribution in [0.15, 0.2) is 16.9 Å². The van der Waals surface area contributed by atoms with Crippen LogP contribution in [0.25, 0.3) is 0 Å². The Labute approximate surface area is 241 Å². The van der Waals surface area contributed by atoms with Crippen molar-refractivity contribution in [3.8, 4) is 0 Å². The molecule has 0 spiro atoms. The van der Waals surface area contributed by atoms with Crippen molar-refractivity contribution in [3.63, 3.8) is 0 Å². The first-order chi connectivity index (χ1) is 19.7. The summed E-state index contributed by atoms with van der Waals surface area (Å²) in [6, 6.07) is -0.562. The number of aliphatic carboxylic acids is 1. The number of hydrogen-bond donors (Lipinski definition) is 4. The van der Waals surface area contributed by atoms with Crippen molar-refractivity contribution in [2.45, 2.75) is 56.2 Å². The molecule has 0 aliphatic carbocycles. The zero-order chi connectivity index (χ0) is 28.8. The molecule has 5 aliphatic heterocycles. The molecule has 4 fully saturated rings. The van der Waals surface area contributed by atoms with E-state index < -0.39 is 17.9 Å². The fourth-order valence-electron chi connectivity index (χ4n) is 6.71. The second-order valence-electron chi connectivity index (χ2n) is 11.5. The molecule has 6 rings (SSSR count). The molecule has 6 heterocycles. The van der Waals surface area contributed by atoms with Crippen LogP contribution in [0.5, 0.6) is 0 Å². The van der Waals surface area contributed by atoms with Crippen LogP contribution in [-0.4, -0.2) is 139 Å². The molecule has 1 aromatic heterocycles. The molecular formula is C25H36N10O5S. The Morgan fingerprint density at radius 3 is 2.59 bits per heavy atom. The number of amides is 3. The smallest absolute Gasteiger partial charge is 0.353 e. The van der Waals surface area contributed by atoms with Gasteiger partial charge in [-0.3, -0.25) is 19.3 Å². The third-order valence-electron chi connectivity index (χ3n) is 9.00. The van der Waals surface area contributed by atoms with Crippen LogP contribution >= 0.6 is 11.8 Å². The SMILES string of the molecule is C[C@@H](NC(=O)Cn1cnnn1)[C@H]1C(=O)N2C(C(=O)O)=C(SC3CN[C@H](C(=O)N4CCN(C5CNC5)CC4)C3)[C@H](C)[C@H]12. The van der Waals surface area contributed by atoms with Crippen molar-refractivity contribution in [2.75, 3.05) is 45.8 Å². The summed E-state index contributed by atoms with van der Waals surface area (Å²) < 4.78 is 1.29. The van der Waals surface area contributed by atoms with Gasteiger partial charge in [0.15, 0.2) is 0 Å². The number of hydrogen-bond acceptors (Lipinski definition) is 11. The summed E-state index contributed by atoms with van der Waals surface area (Å²) in [4.78, 5) is 57.7. The summed E-state index contributed by atoms with van der Waals surface area (Å²) in [5.74, 6) is -2.42. The van der Waals surface area contributed by atoms with Crippen LogP contribution in [0.1, 0.15) is 20.3 Å². The lowest BCUT2D eigenvalue weighted by atomic mass is 9.78. The number of carbonyl (C=O) groups excluding carboxylic acids is 3. The van der Waals surface area contributed by atoms with E-state index in [-0.39, 0.29) is 53.2 Å². The summed E-state index contributed by atoms with van der Waals surface area (Å²) in [5.41, 5.74) is 0.0253. The van der Waals surface area contributed by atoms with Crippen LogP contribution in [-0.2, 0) is 25.7 Å². The van der Waals surface area contributed by atoms with Crippen LogP contribution in [0.4, 0.5) is 0 Å². The van der Waals surface area contributed by atoms with Crippen LogP contribution in [0, 0.1) is 11.8 Å². The first kappa shape index (κ1) is 28.1. The predicted molar refractivity (Wildman–Crippen MR) is 146 cm³/mol. The van der Waals surface area contributed by atoms with Gasteiger partial charge in [-0.25, -0.2) is 9.48 Å². The number of rotatable bonds is 9. The van der Waals surface area contributed by atoms with E-state index in [0.29, 0.717) is 23.9 Å². The lowest BCUT2D eigenvalue weighted by molar-refractivity contribution is -0.158. The van der Waals surface area contributed by atoms with Crippen molar-refractivity contribution >= 4 is 35.5 Å². The maximum Gasteiger partial charge on any atom is 0.353 e. The number of nitrogens with one attached hydrogen (secondary N) is 3. The van der Waals surface area contributed by atoms with E-state index in [0.717, 1.165) is 39.3 Å². The van der Waals surface area contributed by atoms with E-state index in [1.807, 2.05) is 11.8 Å². The van der Waals surface area contributed by atoms with E-state index in [1.165, 1.54) is 27.7 Å².